The number of nitrogens with zero attached hydrogens (tertiary/aromatic N) is 4. The number of hydrogen-bond acceptors (Lipinski definition) is 3. The fourth-order valence-corrected chi connectivity index (χ4v) is 9.59. The van der Waals surface area contributed by atoms with E-state index in [1.807, 2.05) is 18.2 Å². The summed E-state index contributed by atoms with van der Waals surface area (Å²) in [7, 11) is 0. The Labute approximate surface area is 350 Å². The number of hydrogen-bond donors (Lipinski definition) is 0. The van der Waals surface area contributed by atoms with Gasteiger partial charge in [-0.15, -0.1) is 0 Å². The predicted octanol–water partition coefficient (Wildman–Crippen LogP) is 14.7. The van der Waals surface area contributed by atoms with E-state index in [9.17, 15) is 0 Å². The van der Waals surface area contributed by atoms with Crippen molar-refractivity contribution in [1.29, 1.82) is 0 Å². The van der Waals surface area contributed by atoms with Gasteiger partial charge in [0.15, 0.2) is 5.58 Å². The summed E-state index contributed by atoms with van der Waals surface area (Å²) >= 11 is 0. The minimum absolute atomic E-state index is 0.598. The first-order valence-corrected chi connectivity index (χ1v) is 20.7. The minimum atomic E-state index is 0.598. The molecule has 5 nitrogen and oxygen atoms in total. The van der Waals surface area contributed by atoms with Gasteiger partial charge in [-0.25, -0.2) is 9.97 Å². The van der Waals surface area contributed by atoms with Crippen LogP contribution in [-0.4, -0.2) is 19.1 Å². The van der Waals surface area contributed by atoms with Gasteiger partial charge in [0.2, 0.25) is 5.95 Å². The van der Waals surface area contributed by atoms with Gasteiger partial charge in [0.05, 0.1) is 27.8 Å². The molecule has 4 heterocycles. The summed E-state index contributed by atoms with van der Waals surface area (Å²) < 4.78 is 11.4. The number of para-hydroxylation sites is 5. The summed E-state index contributed by atoms with van der Waals surface area (Å²) in [6.45, 7) is 0. The third kappa shape index (κ3) is 5.08. The molecule has 284 valence electrons. The van der Waals surface area contributed by atoms with Gasteiger partial charge in [-0.1, -0.05) is 158 Å². The average Bonchev–Trinajstić information content (AvgIpc) is 3.99. The van der Waals surface area contributed by atoms with Gasteiger partial charge in [-0.2, -0.15) is 0 Å². The molecule has 4 aromatic heterocycles. The summed E-state index contributed by atoms with van der Waals surface area (Å²) in [5.41, 5.74) is 14.5. The van der Waals surface area contributed by atoms with E-state index in [0.29, 0.717) is 5.95 Å². The Bertz CT molecular complexity index is 3860. The molecule has 61 heavy (non-hydrogen) atoms. The Morgan fingerprint density at radius 3 is 1.79 bits per heavy atom. The van der Waals surface area contributed by atoms with Crippen LogP contribution < -0.4 is 0 Å². The number of furan rings is 1. The first-order valence-electron chi connectivity index (χ1n) is 20.7. The highest BCUT2D eigenvalue weighted by atomic mass is 16.3. The second-order valence-corrected chi connectivity index (χ2v) is 15.7. The molecule has 0 amide bonds. The molecule has 0 aliphatic carbocycles. The van der Waals surface area contributed by atoms with E-state index in [1.54, 1.807) is 0 Å². The fraction of sp³-hybridized carbons (Fsp3) is 0. The van der Waals surface area contributed by atoms with Crippen LogP contribution in [-0.2, 0) is 0 Å². The normalized spacial score (nSPS) is 11.9. The van der Waals surface area contributed by atoms with Crippen molar-refractivity contribution in [1.82, 2.24) is 19.1 Å². The van der Waals surface area contributed by atoms with E-state index >= 15 is 0 Å². The number of benzene rings is 9. The molecule has 13 aromatic rings. The van der Waals surface area contributed by atoms with Gasteiger partial charge in [-0.05, 0) is 70.8 Å². The van der Waals surface area contributed by atoms with Crippen molar-refractivity contribution < 1.29 is 4.42 Å². The highest BCUT2D eigenvalue weighted by Gasteiger charge is 2.25. The molecule has 0 saturated heterocycles. The number of aromatic nitrogens is 4. The summed E-state index contributed by atoms with van der Waals surface area (Å²) in [5.74, 6) is 0.598. The van der Waals surface area contributed by atoms with E-state index in [4.69, 9.17) is 14.4 Å². The topological polar surface area (TPSA) is 48.8 Å². The standard InChI is InChI=1S/C56H34N4O/c1-3-15-37(16-4-1)53-43-21-7-11-23-47(43)57-56(58-53)60-49-25-13-9-22-44(49)52-45(34-46-42-20-10-14-26-51(42)61-55(46)54(52)60)36-29-27-35(28-30-36)38-31-32-41-40-19-8-12-24-48(40)59(50(41)33-38)39-17-5-2-6-18-39/h1-34H. The van der Waals surface area contributed by atoms with E-state index in [2.05, 4.69) is 197 Å². The molecule has 0 radical (unpaired) electrons. The fourth-order valence-electron chi connectivity index (χ4n) is 9.59. The molecule has 9 aromatic carbocycles. The van der Waals surface area contributed by atoms with Crippen LogP contribution in [0.3, 0.4) is 0 Å². The summed E-state index contributed by atoms with van der Waals surface area (Å²) in [6.07, 6.45) is 0. The first-order chi connectivity index (χ1) is 30.3. The van der Waals surface area contributed by atoms with Crippen LogP contribution in [0.5, 0.6) is 0 Å². The van der Waals surface area contributed by atoms with Crippen LogP contribution in [0.2, 0.25) is 0 Å². The summed E-state index contributed by atoms with van der Waals surface area (Å²) in [6, 6.07) is 73.1. The average molecular weight is 779 g/mol. The molecule has 0 aliphatic rings. The van der Waals surface area contributed by atoms with Gasteiger partial charge in [0, 0.05) is 49.0 Å². The molecule has 0 fully saturated rings. The lowest BCUT2D eigenvalue weighted by Crippen LogP contribution is -2.03. The van der Waals surface area contributed by atoms with Crippen molar-refractivity contribution >= 4 is 76.5 Å². The maximum absolute atomic E-state index is 6.85. The Balaban J connectivity index is 1.05. The molecule has 0 N–H and O–H groups in total. The van der Waals surface area contributed by atoms with E-state index < -0.39 is 0 Å². The third-order valence-electron chi connectivity index (χ3n) is 12.3. The summed E-state index contributed by atoms with van der Waals surface area (Å²) in [5, 5.41) is 7.83. The molecule has 5 heteroatoms. The van der Waals surface area contributed by atoms with Gasteiger partial charge in [0.1, 0.15) is 11.1 Å². The molecule has 0 spiro atoms. The maximum atomic E-state index is 6.85. The number of rotatable bonds is 5. The van der Waals surface area contributed by atoms with E-state index in [-0.39, 0.29) is 0 Å². The predicted molar refractivity (Wildman–Crippen MR) is 252 cm³/mol. The van der Waals surface area contributed by atoms with Crippen LogP contribution in [0.25, 0.3) is 122 Å². The Morgan fingerprint density at radius 1 is 0.377 bits per heavy atom. The van der Waals surface area contributed by atoms with Gasteiger partial charge in [-0.3, -0.25) is 4.57 Å². The van der Waals surface area contributed by atoms with Crippen LogP contribution >= 0.6 is 0 Å². The zero-order chi connectivity index (χ0) is 40.0. The molecule has 13 rings (SSSR count). The lowest BCUT2D eigenvalue weighted by Gasteiger charge is -2.12. The maximum Gasteiger partial charge on any atom is 0.235 e. The largest absolute Gasteiger partial charge is 0.454 e. The Morgan fingerprint density at radius 2 is 0.984 bits per heavy atom. The highest BCUT2D eigenvalue weighted by molar-refractivity contribution is 6.26. The lowest BCUT2D eigenvalue weighted by molar-refractivity contribution is 0.671. The van der Waals surface area contributed by atoms with Crippen LogP contribution in [0.4, 0.5) is 0 Å². The van der Waals surface area contributed by atoms with Crippen molar-refractivity contribution in [2.75, 3.05) is 0 Å². The second-order valence-electron chi connectivity index (χ2n) is 15.7. The van der Waals surface area contributed by atoms with Crippen LogP contribution in [0.15, 0.2) is 211 Å². The SMILES string of the molecule is c1ccc(-c2nc(-n3c4ccccc4c4c(-c5ccc(-c6ccc7c8ccccc8n(-c8ccccc8)c7c6)cc5)cc5c6ccccc6oc5c43)nc3ccccc23)cc1. The third-order valence-corrected chi connectivity index (χ3v) is 12.3. The Kier molecular flexibility index (Phi) is 7.24. The molecule has 0 saturated carbocycles. The van der Waals surface area contributed by atoms with E-state index in [1.165, 1.54) is 27.4 Å². The van der Waals surface area contributed by atoms with Gasteiger partial charge >= 0.3 is 0 Å². The molecule has 0 unspecified atom stereocenters. The van der Waals surface area contributed by atoms with Crippen LogP contribution in [0.1, 0.15) is 0 Å². The molecular weight excluding hydrogens is 745 g/mol. The second kappa shape index (κ2) is 13.1. The molecule has 0 aliphatic heterocycles. The van der Waals surface area contributed by atoms with Crippen molar-refractivity contribution in [2.45, 2.75) is 0 Å². The molecular formula is C56H34N4O. The van der Waals surface area contributed by atoms with Crippen molar-refractivity contribution in [2.24, 2.45) is 0 Å². The number of fused-ring (bicyclic) bond motifs is 11. The first kappa shape index (κ1) is 33.7. The molecule has 0 atom stereocenters. The van der Waals surface area contributed by atoms with Crippen molar-refractivity contribution in [3.8, 4) is 45.1 Å². The van der Waals surface area contributed by atoms with Gasteiger partial charge in [0.25, 0.3) is 0 Å². The highest BCUT2D eigenvalue weighted by Crippen LogP contribution is 2.46. The van der Waals surface area contributed by atoms with Crippen molar-refractivity contribution in [3.05, 3.63) is 206 Å². The van der Waals surface area contributed by atoms with Crippen molar-refractivity contribution in [3.63, 3.8) is 0 Å². The van der Waals surface area contributed by atoms with Gasteiger partial charge < -0.3 is 8.98 Å². The lowest BCUT2D eigenvalue weighted by atomic mass is 9.95. The van der Waals surface area contributed by atoms with Crippen LogP contribution in [0, 0.1) is 0 Å². The summed E-state index contributed by atoms with van der Waals surface area (Å²) in [4.78, 5) is 10.7. The van der Waals surface area contributed by atoms with E-state index in [0.717, 1.165) is 88.3 Å². The Hall–Kier alpha value is -8.28. The zero-order valence-corrected chi connectivity index (χ0v) is 32.8. The molecule has 0 bridgehead atoms. The quantitative estimate of drug-likeness (QED) is 0.175. The minimum Gasteiger partial charge on any atom is -0.454 e. The zero-order valence-electron chi connectivity index (χ0n) is 32.8. The monoisotopic (exact) mass is 778 g/mol. The smallest absolute Gasteiger partial charge is 0.235 e.